The molecule has 116 valence electrons. The molecule has 3 rings (SSSR count). The summed E-state index contributed by atoms with van der Waals surface area (Å²) in [5.74, 6) is 0.756. The summed E-state index contributed by atoms with van der Waals surface area (Å²) in [5, 5.41) is 11.3. The van der Waals surface area contributed by atoms with Gasteiger partial charge in [-0.05, 0) is 32.2 Å². The van der Waals surface area contributed by atoms with Crippen LogP contribution < -0.4 is 5.32 Å². The van der Waals surface area contributed by atoms with Gasteiger partial charge in [0, 0.05) is 0 Å². The van der Waals surface area contributed by atoms with E-state index in [1.165, 1.54) is 23.1 Å². The van der Waals surface area contributed by atoms with Crippen LogP contribution in [0.3, 0.4) is 0 Å². The quantitative estimate of drug-likeness (QED) is 0.679. The van der Waals surface area contributed by atoms with E-state index in [0.29, 0.717) is 16.5 Å². The molecule has 1 atom stereocenters. The van der Waals surface area contributed by atoms with Gasteiger partial charge in [0.15, 0.2) is 9.88 Å². The second-order valence-electron chi connectivity index (χ2n) is 5.02. The van der Waals surface area contributed by atoms with Crippen molar-refractivity contribution >= 4 is 35.0 Å². The van der Waals surface area contributed by atoms with Gasteiger partial charge in [-0.1, -0.05) is 23.1 Å². The third kappa shape index (κ3) is 2.40. The predicted molar refractivity (Wildman–Crippen MR) is 81.6 cm³/mol. The molecule has 1 aliphatic rings. The summed E-state index contributed by atoms with van der Waals surface area (Å²) >= 11 is 2.84. The van der Waals surface area contributed by atoms with Gasteiger partial charge in [0.05, 0.1) is 6.54 Å². The smallest absolute Gasteiger partial charge is 0.325 e. The van der Waals surface area contributed by atoms with Crippen LogP contribution in [0.5, 0.6) is 0 Å². The minimum absolute atomic E-state index is 0.109. The summed E-state index contributed by atoms with van der Waals surface area (Å²) < 4.78 is 6.32. The van der Waals surface area contributed by atoms with Crippen molar-refractivity contribution in [3.05, 3.63) is 28.7 Å². The first kappa shape index (κ1) is 15.0. The van der Waals surface area contributed by atoms with E-state index in [9.17, 15) is 9.59 Å². The highest BCUT2D eigenvalue weighted by molar-refractivity contribution is 8.00. The fraction of sp³-hybridized carbons (Fsp3) is 0.385. The van der Waals surface area contributed by atoms with Crippen LogP contribution >= 0.6 is 23.1 Å². The Balaban J connectivity index is 1.85. The van der Waals surface area contributed by atoms with E-state index < -0.39 is 11.6 Å². The summed E-state index contributed by atoms with van der Waals surface area (Å²) in [6, 6.07) is 3.01. The number of hydrogen-bond acceptors (Lipinski definition) is 7. The Hall–Kier alpha value is -1.87. The number of rotatable bonds is 4. The van der Waals surface area contributed by atoms with Gasteiger partial charge in [0.1, 0.15) is 16.5 Å². The zero-order valence-corrected chi connectivity index (χ0v) is 13.9. The largest absolute Gasteiger partial charge is 0.463 e. The molecule has 0 aliphatic carbocycles. The molecule has 22 heavy (non-hydrogen) atoms. The van der Waals surface area contributed by atoms with Gasteiger partial charge in [0.2, 0.25) is 0 Å². The number of amides is 3. The standard InChI is InChI=1S/C13H14N4O3S2/c1-7-4-5-8(20-7)13(2)10(18)17(11(19)14-13)6-9-15-16-12(21-3)22-9/h4-5H,6H2,1-3H3,(H,14,19). The van der Waals surface area contributed by atoms with Gasteiger partial charge < -0.3 is 9.73 Å². The highest BCUT2D eigenvalue weighted by Crippen LogP contribution is 2.31. The summed E-state index contributed by atoms with van der Waals surface area (Å²) in [5.41, 5.74) is -1.18. The SMILES string of the molecule is CSc1nnc(CN2C(=O)NC(C)(c3ccc(C)o3)C2=O)s1. The van der Waals surface area contributed by atoms with Crippen LogP contribution in [0.1, 0.15) is 23.5 Å². The number of nitrogens with zero attached hydrogens (tertiary/aromatic N) is 3. The fourth-order valence-corrected chi connectivity index (χ4v) is 3.53. The molecule has 1 aliphatic heterocycles. The molecule has 1 saturated heterocycles. The van der Waals surface area contributed by atoms with Crippen LogP contribution in [0.15, 0.2) is 20.9 Å². The first-order chi connectivity index (χ1) is 10.4. The van der Waals surface area contributed by atoms with Gasteiger partial charge in [-0.3, -0.25) is 9.69 Å². The molecule has 0 aromatic carbocycles. The van der Waals surface area contributed by atoms with Gasteiger partial charge in [-0.2, -0.15) is 0 Å². The molecular weight excluding hydrogens is 324 g/mol. The van der Waals surface area contributed by atoms with Crippen molar-refractivity contribution in [1.82, 2.24) is 20.4 Å². The molecule has 7 nitrogen and oxygen atoms in total. The Labute approximate surface area is 135 Å². The Morgan fingerprint density at radius 1 is 1.41 bits per heavy atom. The molecular formula is C13H14N4O3S2. The number of nitrogens with one attached hydrogen (secondary N) is 1. The number of carbonyl (C=O) groups excluding carboxylic acids is 2. The van der Waals surface area contributed by atoms with Gasteiger partial charge in [-0.25, -0.2) is 4.79 Å². The Morgan fingerprint density at radius 2 is 2.18 bits per heavy atom. The van der Waals surface area contributed by atoms with E-state index in [0.717, 1.165) is 9.24 Å². The van der Waals surface area contributed by atoms with E-state index in [1.54, 1.807) is 26.0 Å². The molecule has 9 heteroatoms. The normalized spacial score (nSPS) is 21.5. The second-order valence-corrected chi connectivity index (χ2v) is 7.14. The first-order valence-electron chi connectivity index (χ1n) is 6.51. The third-order valence-corrected chi connectivity index (χ3v) is 5.31. The summed E-state index contributed by atoms with van der Waals surface area (Å²) in [7, 11) is 0. The summed E-state index contributed by atoms with van der Waals surface area (Å²) in [6.07, 6.45) is 1.90. The first-order valence-corrected chi connectivity index (χ1v) is 8.55. The zero-order valence-electron chi connectivity index (χ0n) is 12.2. The number of aromatic nitrogens is 2. The van der Waals surface area contributed by atoms with Crippen molar-refractivity contribution in [2.75, 3.05) is 6.26 Å². The maximum absolute atomic E-state index is 12.7. The molecule has 0 radical (unpaired) electrons. The molecule has 1 fully saturated rings. The number of imide groups is 1. The van der Waals surface area contributed by atoms with Gasteiger partial charge in [-0.15, -0.1) is 10.2 Å². The lowest BCUT2D eigenvalue weighted by atomic mass is 9.99. The molecule has 1 N–H and O–H groups in total. The van der Waals surface area contributed by atoms with Crippen molar-refractivity contribution in [1.29, 1.82) is 0 Å². The van der Waals surface area contributed by atoms with Crippen molar-refractivity contribution in [3.63, 3.8) is 0 Å². The number of aryl methyl sites for hydroxylation is 1. The fourth-order valence-electron chi connectivity index (χ4n) is 2.23. The van der Waals surface area contributed by atoms with Crippen LogP contribution in [0.2, 0.25) is 0 Å². The van der Waals surface area contributed by atoms with Crippen molar-refractivity contribution < 1.29 is 14.0 Å². The number of hydrogen-bond donors (Lipinski definition) is 1. The van der Waals surface area contributed by atoms with E-state index in [4.69, 9.17) is 4.42 Å². The maximum Gasteiger partial charge on any atom is 0.325 e. The summed E-state index contributed by atoms with van der Waals surface area (Å²) in [6.45, 7) is 3.54. The van der Waals surface area contributed by atoms with E-state index >= 15 is 0 Å². The van der Waals surface area contributed by atoms with Crippen molar-refractivity contribution in [3.8, 4) is 0 Å². The lowest BCUT2D eigenvalue weighted by Crippen LogP contribution is -2.40. The van der Waals surface area contributed by atoms with Crippen LogP contribution in [0, 0.1) is 6.92 Å². The lowest BCUT2D eigenvalue weighted by Gasteiger charge is -2.18. The highest BCUT2D eigenvalue weighted by Gasteiger charge is 2.51. The van der Waals surface area contributed by atoms with Crippen molar-refractivity contribution in [2.45, 2.75) is 30.3 Å². The Kier molecular flexibility index (Phi) is 3.69. The number of furan rings is 1. The van der Waals surface area contributed by atoms with Crippen LogP contribution in [-0.2, 0) is 16.9 Å². The average Bonchev–Trinajstić information content (AvgIpc) is 3.16. The monoisotopic (exact) mass is 338 g/mol. The number of thioether (sulfide) groups is 1. The van der Waals surface area contributed by atoms with Gasteiger partial charge in [0.25, 0.3) is 5.91 Å². The molecule has 1 unspecified atom stereocenters. The van der Waals surface area contributed by atoms with E-state index in [1.807, 2.05) is 6.26 Å². The molecule has 2 aromatic heterocycles. The molecule has 0 spiro atoms. The topological polar surface area (TPSA) is 88.3 Å². The van der Waals surface area contributed by atoms with Crippen LogP contribution in [0.25, 0.3) is 0 Å². The van der Waals surface area contributed by atoms with Crippen molar-refractivity contribution in [2.24, 2.45) is 0 Å². The molecule has 0 saturated carbocycles. The molecule has 2 aromatic rings. The molecule has 3 amide bonds. The maximum atomic E-state index is 12.7. The third-order valence-electron chi connectivity index (χ3n) is 3.42. The van der Waals surface area contributed by atoms with E-state index in [-0.39, 0.29) is 12.5 Å². The zero-order chi connectivity index (χ0) is 15.9. The van der Waals surface area contributed by atoms with E-state index in [2.05, 4.69) is 15.5 Å². The highest BCUT2D eigenvalue weighted by atomic mass is 32.2. The predicted octanol–water partition coefficient (Wildman–Crippen LogP) is 2.13. The van der Waals surface area contributed by atoms with Crippen LogP contribution in [0.4, 0.5) is 4.79 Å². The number of urea groups is 1. The van der Waals surface area contributed by atoms with Gasteiger partial charge >= 0.3 is 6.03 Å². The summed E-state index contributed by atoms with van der Waals surface area (Å²) in [4.78, 5) is 26.0. The minimum Gasteiger partial charge on any atom is -0.463 e. The average molecular weight is 338 g/mol. The lowest BCUT2D eigenvalue weighted by molar-refractivity contribution is -0.132. The molecule has 3 heterocycles. The Morgan fingerprint density at radius 3 is 2.77 bits per heavy atom. The Bertz CT molecular complexity index is 741. The number of carbonyl (C=O) groups is 2. The molecule has 0 bridgehead atoms. The second kappa shape index (κ2) is 5.40. The minimum atomic E-state index is -1.18. The van der Waals surface area contributed by atoms with Crippen LogP contribution in [-0.4, -0.2) is 33.3 Å².